The SMILES string of the molecule is CCOC(=O)CC(=O)C1CCCC1.CCOC(=O)c1cc(C2CCCC2)[nH]n1. The van der Waals surface area contributed by atoms with Crippen molar-refractivity contribution in [3.63, 3.8) is 0 Å². The zero-order valence-electron chi connectivity index (χ0n) is 17.0. The summed E-state index contributed by atoms with van der Waals surface area (Å²) in [5.41, 5.74) is 1.48. The van der Waals surface area contributed by atoms with Crippen molar-refractivity contribution in [1.29, 1.82) is 0 Å². The number of carbonyl (C=O) groups excluding carboxylic acids is 3. The van der Waals surface area contributed by atoms with E-state index in [0.29, 0.717) is 24.8 Å². The van der Waals surface area contributed by atoms with Crippen molar-refractivity contribution >= 4 is 17.7 Å². The molecule has 2 saturated carbocycles. The van der Waals surface area contributed by atoms with Crippen molar-refractivity contribution in [3.05, 3.63) is 17.5 Å². The molecule has 0 radical (unpaired) electrons. The maximum atomic E-state index is 11.4. The van der Waals surface area contributed by atoms with Crippen molar-refractivity contribution in [2.24, 2.45) is 5.92 Å². The van der Waals surface area contributed by atoms with Gasteiger partial charge in [0.05, 0.1) is 13.2 Å². The molecule has 0 spiro atoms. The number of ether oxygens (including phenoxy) is 2. The van der Waals surface area contributed by atoms with Gasteiger partial charge in [0.25, 0.3) is 0 Å². The Morgan fingerprint density at radius 1 is 1.00 bits per heavy atom. The van der Waals surface area contributed by atoms with Crippen LogP contribution in [0.15, 0.2) is 6.07 Å². The van der Waals surface area contributed by atoms with E-state index >= 15 is 0 Å². The molecule has 3 rings (SSSR count). The Morgan fingerprint density at radius 3 is 2.21 bits per heavy atom. The zero-order valence-corrected chi connectivity index (χ0v) is 17.0. The number of H-pyrrole nitrogens is 1. The Bertz CT molecular complexity index is 643. The van der Waals surface area contributed by atoms with Crippen LogP contribution < -0.4 is 0 Å². The summed E-state index contributed by atoms with van der Waals surface area (Å²) < 4.78 is 9.59. The summed E-state index contributed by atoms with van der Waals surface area (Å²) >= 11 is 0. The van der Waals surface area contributed by atoms with Gasteiger partial charge in [-0.3, -0.25) is 14.7 Å². The van der Waals surface area contributed by atoms with Crippen LogP contribution in [0.2, 0.25) is 0 Å². The van der Waals surface area contributed by atoms with E-state index in [0.717, 1.165) is 31.4 Å². The van der Waals surface area contributed by atoms with Gasteiger partial charge in [-0.05, 0) is 45.6 Å². The molecule has 7 nitrogen and oxygen atoms in total. The van der Waals surface area contributed by atoms with E-state index in [1.165, 1.54) is 25.7 Å². The lowest BCUT2D eigenvalue weighted by atomic mass is 10.0. The maximum absolute atomic E-state index is 11.4. The number of hydrogen-bond donors (Lipinski definition) is 1. The fourth-order valence-electron chi connectivity index (χ4n) is 3.84. The highest BCUT2D eigenvalue weighted by Crippen LogP contribution is 2.33. The number of carbonyl (C=O) groups is 3. The fraction of sp³-hybridized carbons (Fsp3) is 0.714. The highest BCUT2D eigenvalue weighted by Gasteiger charge is 2.24. The van der Waals surface area contributed by atoms with Crippen LogP contribution in [-0.2, 0) is 19.1 Å². The molecule has 1 aromatic heterocycles. The monoisotopic (exact) mass is 392 g/mol. The van der Waals surface area contributed by atoms with Gasteiger partial charge in [-0.1, -0.05) is 25.7 Å². The molecular formula is C21H32N2O5. The molecule has 7 heteroatoms. The lowest BCUT2D eigenvalue weighted by molar-refractivity contribution is -0.146. The van der Waals surface area contributed by atoms with Gasteiger partial charge in [-0.2, -0.15) is 5.10 Å². The van der Waals surface area contributed by atoms with E-state index in [1.54, 1.807) is 13.8 Å². The zero-order chi connectivity index (χ0) is 20.4. The topological polar surface area (TPSA) is 98.4 Å². The highest BCUT2D eigenvalue weighted by molar-refractivity contribution is 5.96. The van der Waals surface area contributed by atoms with Crippen LogP contribution in [0.25, 0.3) is 0 Å². The van der Waals surface area contributed by atoms with Crippen LogP contribution in [0.4, 0.5) is 0 Å². The summed E-state index contributed by atoms with van der Waals surface area (Å²) in [6.07, 6.45) is 9.08. The molecule has 0 aromatic carbocycles. The van der Waals surface area contributed by atoms with Gasteiger partial charge in [-0.15, -0.1) is 0 Å². The number of rotatable bonds is 7. The standard InChI is InChI=1S/C11H16N2O2.C10H16O3/c1-2-15-11(14)10-7-9(12-13-10)8-5-3-4-6-8;1-2-13-10(12)7-9(11)8-5-3-4-6-8/h7-8H,2-6H2,1H3,(H,12,13);8H,2-7H2,1H3. The molecule has 0 aliphatic heterocycles. The van der Waals surface area contributed by atoms with Gasteiger partial charge in [0.1, 0.15) is 12.2 Å². The Labute approximate surface area is 166 Å². The number of nitrogens with zero attached hydrogens (tertiary/aromatic N) is 1. The summed E-state index contributed by atoms with van der Waals surface area (Å²) in [4.78, 5) is 33.8. The third-order valence-electron chi connectivity index (χ3n) is 5.31. The van der Waals surface area contributed by atoms with Crippen molar-refractivity contribution in [2.45, 2.75) is 77.6 Å². The third kappa shape index (κ3) is 6.77. The van der Waals surface area contributed by atoms with Crippen LogP contribution in [0.5, 0.6) is 0 Å². The Hall–Kier alpha value is -2.18. The van der Waals surface area contributed by atoms with E-state index in [1.807, 2.05) is 6.07 Å². The van der Waals surface area contributed by atoms with Crippen LogP contribution in [0, 0.1) is 5.92 Å². The number of nitrogens with one attached hydrogen (secondary N) is 1. The van der Waals surface area contributed by atoms with Gasteiger partial charge in [0.2, 0.25) is 0 Å². The second-order valence-electron chi connectivity index (χ2n) is 7.34. The number of hydrogen-bond acceptors (Lipinski definition) is 6. The van der Waals surface area contributed by atoms with Crippen molar-refractivity contribution < 1.29 is 23.9 Å². The minimum atomic E-state index is -0.376. The van der Waals surface area contributed by atoms with Crippen LogP contribution >= 0.6 is 0 Å². The largest absolute Gasteiger partial charge is 0.466 e. The molecule has 2 fully saturated rings. The Morgan fingerprint density at radius 2 is 1.61 bits per heavy atom. The number of Topliss-reactive ketones (excluding diaryl/α,β-unsaturated/α-hetero) is 1. The number of aromatic nitrogens is 2. The summed E-state index contributed by atoms with van der Waals surface area (Å²) in [5.74, 6) is 0.0402. The van der Waals surface area contributed by atoms with Crippen molar-refractivity contribution in [2.75, 3.05) is 13.2 Å². The molecule has 0 bridgehead atoms. The quantitative estimate of drug-likeness (QED) is 0.557. The van der Waals surface area contributed by atoms with E-state index in [2.05, 4.69) is 10.2 Å². The maximum Gasteiger partial charge on any atom is 0.358 e. The number of ketones is 1. The summed E-state index contributed by atoms with van der Waals surface area (Å²) in [6, 6.07) is 1.83. The molecule has 0 unspecified atom stereocenters. The minimum absolute atomic E-state index is 0.0293. The smallest absolute Gasteiger partial charge is 0.358 e. The first-order chi connectivity index (χ1) is 13.5. The molecule has 1 N–H and O–H groups in total. The predicted octanol–water partition coefficient (Wildman–Crippen LogP) is 3.94. The van der Waals surface area contributed by atoms with Crippen LogP contribution in [-0.4, -0.2) is 41.1 Å². The molecule has 1 heterocycles. The first-order valence-electron chi connectivity index (χ1n) is 10.5. The van der Waals surface area contributed by atoms with E-state index < -0.39 is 0 Å². The van der Waals surface area contributed by atoms with Crippen LogP contribution in [0.3, 0.4) is 0 Å². The Kier molecular flexibility index (Phi) is 9.17. The second-order valence-corrected chi connectivity index (χ2v) is 7.34. The van der Waals surface area contributed by atoms with E-state index in [9.17, 15) is 14.4 Å². The molecule has 2 aliphatic carbocycles. The molecule has 0 amide bonds. The average molecular weight is 392 g/mol. The lowest BCUT2D eigenvalue weighted by Crippen LogP contribution is -2.17. The lowest BCUT2D eigenvalue weighted by Gasteiger charge is -2.06. The molecule has 28 heavy (non-hydrogen) atoms. The van der Waals surface area contributed by atoms with Crippen molar-refractivity contribution in [1.82, 2.24) is 10.2 Å². The third-order valence-corrected chi connectivity index (χ3v) is 5.31. The molecule has 0 saturated heterocycles. The average Bonchev–Trinajstić information content (AvgIpc) is 3.44. The summed E-state index contributed by atoms with van der Waals surface area (Å²) in [7, 11) is 0. The van der Waals surface area contributed by atoms with Gasteiger partial charge in [0, 0.05) is 17.5 Å². The number of esters is 2. The van der Waals surface area contributed by atoms with Gasteiger partial charge < -0.3 is 9.47 Å². The highest BCUT2D eigenvalue weighted by atomic mass is 16.5. The van der Waals surface area contributed by atoms with E-state index in [-0.39, 0.29) is 30.1 Å². The van der Waals surface area contributed by atoms with Crippen molar-refractivity contribution in [3.8, 4) is 0 Å². The molecule has 2 aliphatic rings. The van der Waals surface area contributed by atoms with Gasteiger partial charge in [0.15, 0.2) is 5.69 Å². The molecule has 156 valence electrons. The fourth-order valence-corrected chi connectivity index (χ4v) is 3.84. The molecule has 0 atom stereocenters. The second kappa shape index (κ2) is 11.6. The van der Waals surface area contributed by atoms with Crippen LogP contribution in [0.1, 0.15) is 93.7 Å². The Balaban J connectivity index is 0.000000203. The molecule has 1 aromatic rings. The predicted molar refractivity (Wildman–Crippen MR) is 104 cm³/mol. The van der Waals surface area contributed by atoms with E-state index in [4.69, 9.17) is 9.47 Å². The van der Waals surface area contributed by atoms with Gasteiger partial charge >= 0.3 is 11.9 Å². The first-order valence-corrected chi connectivity index (χ1v) is 10.5. The van der Waals surface area contributed by atoms with Gasteiger partial charge in [-0.25, -0.2) is 4.79 Å². The molecular weight excluding hydrogens is 360 g/mol. The minimum Gasteiger partial charge on any atom is -0.466 e. The normalized spacial score (nSPS) is 17.1. The summed E-state index contributed by atoms with van der Waals surface area (Å²) in [5, 5.41) is 6.92. The summed E-state index contributed by atoms with van der Waals surface area (Å²) in [6.45, 7) is 4.29. The number of aromatic amines is 1. The first kappa shape index (κ1) is 22.1.